The van der Waals surface area contributed by atoms with Crippen molar-refractivity contribution >= 4 is 0 Å². The van der Waals surface area contributed by atoms with Gasteiger partial charge in [-0.1, -0.05) is 13.3 Å². The minimum absolute atomic E-state index is 0.267. The van der Waals surface area contributed by atoms with Gasteiger partial charge in [-0.3, -0.25) is 0 Å². The van der Waals surface area contributed by atoms with Crippen molar-refractivity contribution in [3.63, 3.8) is 0 Å². The fourth-order valence-electron chi connectivity index (χ4n) is 1.14. The molecule has 0 aromatic carbocycles. The third-order valence-electron chi connectivity index (χ3n) is 1.69. The van der Waals surface area contributed by atoms with Gasteiger partial charge in [-0.05, 0) is 6.42 Å². The molecule has 3 nitrogen and oxygen atoms in total. The van der Waals surface area contributed by atoms with Crippen LogP contribution in [-0.4, -0.2) is 16.0 Å². The molecule has 1 aromatic heterocycles. The topological polar surface area (TPSA) is 54.7 Å². The van der Waals surface area contributed by atoms with Gasteiger partial charge in [-0.2, -0.15) is 0 Å². The highest BCUT2D eigenvalue weighted by Gasteiger charge is 2.02. The fraction of sp³-hybridized carbons (Fsp3) is 0.625. The zero-order chi connectivity index (χ0) is 8.10. The van der Waals surface area contributed by atoms with Crippen molar-refractivity contribution in [3.05, 3.63) is 18.2 Å². The van der Waals surface area contributed by atoms with Crippen molar-refractivity contribution in [2.75, 3.05) is 0 Å². The second-order valence-electron chi connectivity index (χ2n) is 2.81. The van der Waals surface area contributed by atoms with E-state index in [1.165, 1.54) is 0 Å². The van der Waals surface area contributed by atoms with Gasteiger partial charge in [0.2, 0.25) is 0 Å². The van der Waals surface area contributed by atoms with Crippen LogP contribution in [-0.2, 0) is 6.42 Å². The van der Waals surface area contributed by atoms with Crippen LogP contribution < -0.4 is 5.73 Å². The van der Waals surface area contributed by atoms with Crippen molar-refractivity contribution in [3.8, 4) is 0 Å². The summed E-state index contributed by atoms with van der Waals surface area (Å²) < 4.78 is 0. The zero-order valence-electron chi connectivity index (χ0n) is 6.88. The van der Waals surface area contributed by atoms with Crippen LogP contribution in [0.4, 0.5) is 0 Å². The number of nitrogens with zero attached hydrogens (tertiary/aromatic N) is 1. The molecule has 0 aliphatic rings. The molecule has 11 heavy (non-hydrogen) atoms. The maximum absolute atomic E-state index is 5.82. The monoisotopic (exact) mass is 153 g/mol. The molecule has 3 heteroatoms. The molecule has 1 aromatic rings. The lowest BCUT2D eigenvalue weighted by Crippen LogP contribution is -2.22. The Labute approximate surface area is 67.0 Å². The summed E-state index contributed by atoms with van der Waals surface area (Å²) in [6, 6.07) is 0.267. The molecule has 1 rings (SSSR count). The van der Waals surface area contributed by atoms with Gasteiger partial charge < -0.3 is 10.7 Å². The lowest BCUT2D eigenvalue weighted by atomic mass is 10.1. The normalized spacial score (nSPS) is 13.3. The number of aromatic nitrogens is 2. The van der Waals surface area contributed by atoms with E-state index in [1.807, 2.05) is 6.20 Å². The van der Waals surface area contributed by atoms with Crippen molar-refractivity contribution in [2.45, 2.75) is 32.2 Å². The highest BCUT2D eigenvalue weighted by Crippen LogP contribution is 2.01. The maximum atomic E-state index is 5.82. The second-order valence-corrected chi connectivity index (χ2v) is 2.81. The summed E-state index contributed by atoms with van der Waals surface area (Å²) in [5.41, 5.74) is 6.88. The molecule has 3 N–H and O–H groups in total. The first kappa shape index (κ1) is 8.27. The first-order chi connectivity index (χ1) is 5.33. The summed E-state index contributed by atoms with van der Waals surface area (Å²) in [4.78, 5) is 7.01. The van der Waals surface area contributed by atoms with Crippen molar-refractivity contribution in [2.24, 2.45) is 5.73 Å². The number of rotatable bonds is 4. The predicted octanol–water partition coefficient (Wildman–Crippen LogP) is 1.08. The summed E-state index contributed by atoms with van der Waals surface area (Å²) in [7, 11) is 0. The van der Waals surface area contributed by atoms with Gasteiger partial charge in [-0.15, -0.1) is 0 Å². The Bertz CT molecular complexity index is 181. The van der Waals surface area contributed by atoms with Crippen LogP contribution >= 0.6 is 0 Å². The minimum Gasteiger partial charge on any atom is -0.351 e. The van der Waals surface area contributed by atoms with E-state index >= 15 is 0 Å². The molecule has 1 heterocycles. The van der Waals surface area contributed by atoms with Gasteiger partial charge in [0.05, 0.1) is 12.0 Å². The SMILES string of the molecule is CCC[C@@H](N)Cc1c[nH]cn1. The number of hydrogen-bond donors (Lipinski definition) is 2. The van der Waals surface area contributed by atoms with Crippen LogP contribution in [0.3, 0.4) is 0 Å². The molecule has 0 bridgehead atoms. The zero-order valence-corrected chi connectivity index (χ0v) is 6.88. The molecule has 0 saturated carbocycles. The average molecular weight is 153 g/mol. The average Bonchev–Trinajstić information content (AvgIpc) is 2.40. The van der Waals surface area contributed by atoms with Gasteiger partial charge in [0.15, 0.2) is 0 Å². The fourth-order valence-corrected chi connectivity index (χ4v) is 1.14. The van der Waals surface area contributed by atoms with E-state index in [9.17, 15) is 0 Å². The third kappa shape index (κ3) is 2.72. The number of H-pyrrole nitrogens is 1. The standard InChI is InChI=1S/C8H15N3/c1-2-3-7(9)4-8-5-10-6-11-8/h5-7H,2-4,9H2,1H3,(H,10,11)/t7-/m1/s1. The molecular weight excluding hydrogens is 138 g/mol. The molecular formula is C8H15N3. The Hall–Kier alpha value is -0.830. The van der Waals surface area contributed by atoms with Crippen LogP contribution in [0.25, 0.3) is 0 Å². The molecule has 0 fully saturated rings. The van der Waals surface area contributed by atoms with Crippen LogP contribution in [0.5, 0.6) is 0 Å². The van der Waals surface area contributed by atoms with Gasteiger partial charge in [0.1, 0.15) is 0 Å². The first-order valence-electron chi connectivity index (χ1n) is 4.06. The number of nitrogens with two attached hydrogens (primary N) is 1. The van der Waals surface area contributed by atoms with Crippen molar-refractivity contribution < 1.29 is 0 Å². The van der Waals surface area contributed by atoms with E-state index in [4.69, 9.17) is 5.73 Å². The summed E-state index contributed by atoms with van der Waals surface area (Å²) in [6.07, 6.45) is 6.69. The minimum atomic E-state index is 0.267. The highest BCUT2D eigenvalue weighted by atomic mass is 14.9. The Kier molecular flexibility index (Phi) is 3.11. The molecule has 0 unspecified atom stereocenters. The van der Waals surface area contributed by atoms with Crippen LogP contribution in [0.15, 0.2) is 12.5 Å². The smallest absolute Gasteiger partial charge is 0.0923 e. The lowest BCUT2D eigenvalue weighted by Gasteiger charge is -2.06. The van der Waals surface area contributed by atoms with E-state index in [1.54, 1.807) is 6.33 Å². The van der Waals surface area contributed by atoms with Crippen LogP contribution in [0.1, 0.15) is 25.5 Å². The Morgan fingerprint density at radius 2 is 2.55 bits per heavy atom. The molecule has 1 atom stereocenters. The molecule has 0 saturated heterocycles. The van der Waals surface area contributed by atoms with Gasteiger partial charge >= 0.3 is 0 Å². The van der Waals surface area contributed by atoms with E-state index in [2.05, 4.69) is 16.9 Å². The van der Waals surface area contributed by atoms with E-state index in [0.29, 0.717) is 0 Å². The first-order valence-corrected chi connectivity index (χ1v) is 4.06. The summed E-state index contributed by atoms with van der Waals surface area (Å²) in [5, 5.41) is 0. The molecule has 62 valence electrons. The largest absolute Gasteiger partial charge is 0.351 e. The predicted molar refractivity (Wildman–Crippen MR) is 45.2 cm³/mol. The molecule has 0 aliphatic heterocycles. The van der Waals surface area contributed by atoms with Gasteiger partial charge in [0.25, 0.3) is 0 Å². The van der Waals surface area contributed by atoms with Crippen LogP contribution in [0, 0.1) is 0 Å². The summed E-state index contributed by atoms with van der Waals surface area (Å²) >= 11 is 0. The van der Waals surface area contributed by atoms with Gasteiger partial charge in [-0.25, -0.2) is 4.98 Å². The van der Waals surface area contributed by atoms with Crippen molar-refractivity contribution in [1.29, 1.82) is 0 Å². The quantitative estimate of drug-likeness (QED) is 0.680. The molecule has 0 amide bonds. The summed E-state index contributed by atoms with van der Waals surface area (Å²) in [5.74, 6) is 0. The van der Waals surface area contributed by atoms with Crippen molar-refractivity contribution in [1.82, 2.24) is 9.97 Å². The summed E-state index contributed by atoms with van der Waals surface area (Å²) in [6.45, 7) is 2.14. The van der Waals surface area contributed by atoms with Crippen LogP contribution in [0.2, 0.25) is 0 Å². The number of aromatic amines is 1. The molecule has 0 spiro atoms. The molecule has 0 radical (unpaired) electrons. The molecule has 0 aliphatic carbocycles. The van der Waals surface area contributed by atoms with E-state index in [-0.39, 0.29) is 6.04 Å². The lowest BCUT2D eigenvalue weighted by molar-refractivity contribution is 0.595. The van der Waals surface area contributed by atoms with Gasteiger partial charge in [0, 0.05) is 18.7 Å². The Balaban J connectivity index is 2.31. The van der Waals surface area contributed by atoms with E-state index in [0.717, 1.165) is 25.0 Å². The number of imidazole rings is 1. The Morgan fingerprint density at radius 1 is 1.73 bits per heavy atom. The maximum Gasteiger partial charge on any atom is 0.0923 e. The third-order valence-corrected chi connectivity index (χ3v) is 1.69. The highest BCUT2D eigenvalue weighted by molar-refractivity contribution is 4.96. The van der Waals surface area contributed by atoms with E-state index < -0.39 is 0 Å². The second kappa shape index (κ2) is 4.13. The number of hydrogen-bond acceptors (Lipinski definition) is 2. The Morgan fingerprint density at radius 3 is 3.09 bits per heavy atom. The number of nitrogens with one attached hydrogen (secondary N) is 1.